The van der Waals surface area contributed by atoms with Crippen LogP contribution in [0.25, 0.3) is 0 Å². The number of hydrogen-bond donors (Lipinski definition) is 1. The van der Waals surface area contributed by atoms with Gasteiger partial charge in [-0.1, -0.05) is 0 Å². The highest BCUT2D eigenvalue weighted by Crippen LogP contribution is 2.22. The first kappa shape index (κ1) is 9.53. The number of benzene rings is 1. The molecule has 1 rings (SSSR count). The molecule has 0 spiro atoms. The highest BCUT2D eigenvalue weighted by Gasteiger charge is 2.18. The maximum atomic E-state index is 12.8. The van der Waals surface area contributed by atoms with Crippen molar-refractivity contribution in [1.82, 2.24) is 0 Å². The molecule has 4 nitrogen and oxygen atoms in total. The first-order valence-corrected chi connectivity index (χ1v) is 3.38. The first-order valence-electron chi connectivity index (χ1n) is 3.38. The molecule has 0 radical (unpaired) electrons. The second-order valence-electron chi connectivity index (χ2n) is 2.35. The van der Waals surface area contributed by atoms with Crippen molar-refractivity contribution in [1.29, 1.82) is 0 Å². The molecule has 0 saturated carbocycles. The van der Waals surface area contributed by atoms with E-state index in [1.54, 1.807) is 0 Å². The van der Waals surface area contributed by atoms with Gasteiger partial charge in [-0.2, -0.15) is 0 Å². The second kappa shape index (κ2) is 3.44. The summed E-state index contributed by atoms with van der Waals surface area (Å²) < 4.78 is 25.4. The summed E-state index contributed by atoms with van der Waals surface area (Å²) in [4.78, 5) is 9.44. The maximum Gasteiger partial charge on any atom is 0.279 e. The van der Waals surface area contributed by atoms with Gasteiger partial charge in [0.15, 0.2) is 0 Å². The second-order valence-corrected chi connectivity index (χ2v) is 2.35. The molecule has 13 heavy (non-hydrogen) atoms. The van der Waals surface area contributed by atoms with Gasteiger partial charge in [-0.15, -0.1) is 0 Å². The Morgan fingerprint density at radius 1 is 1.46 bits per heavy atom. The standard InChI is InChI=1S/C7H6F2N2O2/c8-4-1-6(9)5(3-10)7(2-4)11(12)13/h1-2H,3,10H2. The van der Waals surface area contributed by atoms with Crippen LogP contribution in [0.15, 0.2) is 12.1 Å². The topological polar surface area (TPSA) is 69.2 Å². The Hall–Kier alpha value is -1.56. The molecule has 0 aliphatic rings. The van der Waals surface area contributed by atoms with Gasteiger partial charge in [0.25, 0.3) is 5.69 Å². The molecule has 0 aromatic heterocycles. The van der Waals surface area contributed by atoms with Crippen LogP contribution < -0.4 is 5.73 Å². The van der Waals surface area contributed by atoms with Crippen LogP contribution in [0.3, 0.4) is 0 Å². The minimum absolute atomic E-state index is 0.286. The molecular formula is C7H6F2N2O2. The zero-order valence-corrected chi connectivity index (χ0v) is 6.46. The molecule has 0 bridgehead atoms. The molecule has 70 valence electrons. The number of nitro groups is 1. The van der Waals surface area contributed by atoms with E-state index in [2.05, 4.69) is 0 Å². The lowest BCUT2D eigenvalue weighted by molar-refractivity contribution is -0.385. The van der Waals surface area contributed by atoms with E-state index in [0.717, 1.165) is 0 Å². The third kappa shape index (κ3) is 1.78. The Morgan fingerprint density at radius 3 is 2.54 bits per heavy atom. The molecule has 0 aliphatic carbocycles. The van der Waals surface area contributed by atoms with Crippen LogP contribution >= 0.6 is 0 Å². The number of rotatable bonds is 2. The van der Waals surface area contributed by atoms with E-state index < -0.39 is 22.2 Å². The minimum Gasteiger partial charge on any atom is -0.326 e. The molecular weight excluding hydrogens is 182 g/mol. The number of hydrogen-bond acceptors (Lipinski definition) is 3. The largest absolute Gasteiger partial charge is 0.326 e. The predicted molar refractivity (Wildman–Crippen MR) is 40.9 cm³/mol. The van der Waals surface area contributed by atoms with Gasteiger partial charge in [-0.05, 0) is 0 Å². The van der Waals surface area contributed by atoms with E-state index in [4.69, 9.17) is 5.73 Å². The highest BCUT2D eigenvalue weighted by molar-refractivity contribution is 5.41. The SMILES string of the molecule is NCc1c(F)cc(F)cc1[N+](=O)[O-]. The Kier molecular flexibility index (Phi) is 2.52. The molecule has 0 aliphatic heterocycles. The fraction of sp³-hybridized carbons (Fsp3) is 0.143. The molecule has 0 saturated heterocycles. The van der Waals surface area contributed by atoms with E-state index in [-0.39, 0.29) is 12.1 Å². The van der Waals surface area contributed by atoms with Crippen LogP contribution in [0.5, 0.6) is 0 Å². The minimum atomic E-state index is -0.991. The number of nitrogens with zero attached hydrogens (tertiary/aromatic N) is 1. The fourth-order valence-corrected chi connectivity index (χ4v) is 0.955. The fourth-order valence-electron chi connectivity index (χ4n) is 0.955. The lowest BCUT2D eigenvalue weighted by atomic mass is 10.1. The molecule has 1 aromatic carbocycles. The predicted octanol–water partition coefficient (Wildman–Crippen LogP) is 1.33. The van der Waals surface area contributed by atoms with Gasteiger partial charge >= 0.3 is 0 Å². The molecule has 6 heteroatoms. The quantitative estimate of drug-likeness (QED) is 0.562. The van der Waals surface area contributed by atoms with Crippen LogP contribution in [-0.2, 0) is 6.54 Å². The Labute approximate surface area is 72.1 Å². The van der Waals surface area contributed by atoms with Crippen molar-refractivity contribution in [3.05, 3.63) is 39.4 Å². The van der Waals surface area contributed by atoms with Crippen LogP contribution in [0.1, 0.15) is 5.56 Å². The third-order valence-corrected chi connectivity index (χ3v) is 1.54. The summed E-state index contributed by atoms with van der Waals surface area (Å²) in [5, 5.41) is 10.3. The van der Waals surface area contributed by atoms with Gasteiger partial charge < -0.3 is 5.73 Å². The third-order valence-electron chi connectivity index (χ3n) is 1.54. The van der Waals surface area contributed by atoms with Crippen molar-refractivity contribution in [2.45, 2.75) is 6.54 Å². The van der Waals surface area contributed by atoms with Crippen molar-refractivity contribution < 1.29 is 13.7 Å². The summed E-state index contributed by atoms with van der Waals surface area (Å²) in [6, 6.07) is 1.21. The van der Waals surface area contributed by atoms with Gasteiger partial charge in [-0.25, -0.2) is 8.78 Å². The molecule has 1 aromatic rings. The average Bonchev–Trinajstić information content (AvgIpc) is 2.02. The summed E-state index contributed by atoms with van der Waals surface area (Å²) in [6.45, 7) is -0.331. The van der Waals surface area contributed by atoms with E-state index in [1.807, 2.05) is 0 Å². The molecule has 0 amide bonds. The van der Waals surface area contributed by atoms with Crippen molar-refractivity contribution >= 4 is 5.69 Å². The monoisotopic (exact) mass is 188 g/mol. The summed E-state index contributed by atoms with van der Waals surface area (Å²) in [7, 11) is 0. The van der Waals surface area contributed by atoms with Gasteiger partial charge in [0, 0.05) is 12.6 Å². The normalized spacial score (nSPS) is 10.1. The van der Waals surface area contributed by atoms with E-state index in [0.29, 0.717) is 12.1 Å². The van der Waals surface area contributed by atoms with Crippen LogP contribution in [0, 0.1) is 21.7 Å². The van der Waals surface area contributed by atoms with E-state index in [9.17, 15) is 18.9 Å². The Balaban J connectivity index is 3.38. The van der Waals surface area contributed by atoms with E-state index >= 15 is 0 Å². The van der Waals surface area contributed by atoms with Crippen LogP contribution in [0.4, 0.5) is 14.5 Å². The van der Waals surface area contributed by atoms with Gasteiger partial charge in [0.05, 0.1) is 16.6 Å². The molecule has 0 heterocycles. The smallest absolute Gasteiger partial charge is 0.279 e. The van der Waals surface area contributed by atoms with Gasteiger partial charge in [0.2, 0.25) is 0 Å². The Bertz CT molecular complexity index is 355. The zero-order chi connectivity index (χ0) is 10.0. The van der Waals surface area contributed by atoms with Crippen molar-refractivity contribution in [3.63, 3.8) is 0 Å². The molecule has 2 N–H and O–H groups in total. The van der Waals surface area contributed by atoms with Crippen LogP contribution in [0.2, 0.25) is 0 Å². The molecule has 0 atom stereocenters. The summed E-state index contributed by atoms with van der Waals surface area (Å²) in [5.41, 5.74) is 4.16. The lowest BCUT2D eigenvalue weighted by Crippen LogP contribution is -2.05. The summed E-state index contributed by atoms with van der Waals surface area (Å²) in [5.74, 6) is -1.98. The number of halogens is 2. The van der Waals surface area contributed by atoms with Gasteiger partial charge in [0.1, 0.15) is 11.6 Å². The van der Waals surface area contributed by atoms with Gasteiger partial charge in [-0.3, -0.25) is 10.1 Å². The summed E-state index contributed by atoms with van der Waals surface area (Å²) >= 11 is 0. The van der Waals surface area contributed by atoms with Crippen LogP contribution in [-0.4, -0.2) is 4.92 Å². The molecule has 0 unspecified atom stereocenters. The summed E-state index contributed by atoms with van der Waals surface area (Å²) in [6.07, 6.45) is 0. The van der Waals surface area contributed by atoms with Crippen molar-refractivity contribution in [3.8, 4) is 0 Å². The van der Waals surface area contributed by atoms with E-state index in [1.165, 1.54) is 0 Å². The zero-order valence-electron chi connectivity index (χ0n) is 6.46. The van der Waals surface area contributed by atoms with Crippen molar-refractivity contribution in [2.75, 3.05) is 0 Å². The number of nitrogens with two attached hydrogens (primary N) is 1. The highest BCUT2D eigenvalue weighted by atomic mass is 19.1. The average molecular weight is 188 g/mol. The first-order chi connectivity index (χ1) is 6.06. The lowest BCUT2D eigenvalue weighted by Gasteiger charge is -2.00. The maximum absolute atomic E-state index is 12.8. The van der Waals surface area contributed by atoms with Crippen molar-refractivity contribution in [2.24, 2.45) is 5.73 Å². The number of nitro benzene ring substituents is 1. The molecule has 0 fully saturated rings. The Morgan fingerprint density at radius 2 is 2.08 bits per heavy atom.